The van der Waals surface area contributed by atoms with Crippen LogP contribution in [0.1, 0.15) is 59.3 Å². The van der Waals surface area contributed by atoms with Crippen LogP contribution in [0.3, 0.4) is 0 Å². The molecule has 6 nitrogen and oxygen atoms in total. The fourth-order valence-corrected chi connectivity index (χ4v) is 3.72. The van der Waals surface area contributed by atoms with E-state index in [1.807, 2.05) is 27.8 Å². The van der Waals surface area contributed by atoms with Crippen LogP contribution in [0.5, 0.6) is 0 Å². The molecule has 2 rings (SSSR count). The highest BCUT2D eigenvalue weighted by molar-refractivity contribution is 5.73. The molecule has 0 radical (unpaired) electrons. The fourth-order valence-electron chi connectivity index (χ4n) is 3.72. The molecule has 0 aromatic carbocycles. The van der Waals surface area contributed by atoms with Gasteiger partial charge < -0.3 is 14.7 Å². The number of ether oxygens (including phenoxy) is 1. The van der Waals surface area contributed by atoms with Gasteiger partial charge in [-0.2, -0.15) is 0 Å². The largest absolute Gasteiger partial charge is 0.481 e. The molecular formula is C17H30N2O4. The summed E-state index contributed by atoms with van der Waals surface area (Å²) in [5, 5.41) is 9.31. The van der Waals surface area contributed by atoms with Crippen LogP contribution >= 0.6 is 0 Å². The van der Waals surface area contributed by atoms with Crippen molar-refractivity contribution in [1.82, 2.24) is 9.80 Å². The van der Waals surface area contributed by atoms with E-state index < -0.39 is 17.1 Å². The molecule has 1 aliphatic carbocycles. The minimum Gasteiger partial charge on any atom is -0.481 e. The molecule has 0 aromatic heterocycles. The number of carboxylic acids is 1. The van der Waals surface area contributed by atoms with Crippen molar-refractivity contribution < 1.29 is 19.4 Å². The van der Waals surface area contributed by atoms with Gasteiger partial charge in [0, 0.05) is 19.1 Å². The number of carboxylic acid groups (broad SMARTS) is 1. The number of aliphatic carboxylic acids is 1. The molecule has 1 amide bonds. The molecule has 0 unspecified atom stereocenters. The van der Waals surface area contributed by atoms with Gasteiger partial charge in [-0.1, -0.05) is 19.3 Å². The van der Waals surface area contributed by atoms with Gasteiger partial charge in [0.2, 0.25) is 0 Å². The maximum Gasteiger partial charge on any atom is 0.410 e. The van der Waals surface area contributed by atoms with Crippen molar-refractivity contribution in [1.29, 1.82) is 0 Å². The average Bonchev–Trinajstić information content (AvgIpc) is 2.40. The summed E-state index contributed by atoms with van der Waals surface area (Å²) in [6.45, 7) is 6.37. The zero-order chi connectivity index (χ0) is 17.3. The minimum absolute atomic E-state index is 0.0687. The van der Waals surface area contributed by atoms with E-state index in [2.05, 4.69) is 4.90 Å². The molecule has 6 heteroatoms. The van der Waals surface area contributed by atoms with E-state index in [1.165, 1.54) is 19.3 Å². The SMILES string of the molecule is CN(C1CCCCC1)C1(CC(=O)O)CN(C(=O)OC(C)(C)C)C1. The Hall–Kier alpha value is -1.30. The number of amides is 1. The van der Waals surface area contributed by atoms with Crippen molar-refractivity contribution in [2.24, 2.45) is 0 Å². The van der Waals surface area contributed by atoms with Crippen LogP contribution in [-0.2, 0) is 9.53 Å². The third kappa shape index (κ3) is 4.37. The molecule has 132 valence electrons. The minimum atomic E-state index is -0.809. The maximum absolute atomic E-state index is 12.2. The normalized spacial score (nSPS) is 21.9. The van der Waals surface area contributed by atoms with Crippen LogP contribution in [0, 0.1) is 0 Å². The van der Waals surface area contributed by atoms with Crippen LogP contribution in [0.4, 0.5) is 4.79 Å². The highest BCUT2D eigenvalue weighted by Gasteiger charge is 2.52. The molecule has 1 aliphatic heterocycles. The first-order chi connectivity index (χ1) is 10.6. The average molecular weight is 326 g/mol. The van der Waals surface area contributed by atoms with E-state index >= 15 is 0 Å². The number of likely N-dealkylation sites (tertiary alicyclic amines) is 1. The lowest BCUT2D eigenvalue weighted by molar-refractivity contribution is -0.147. The first-order valence-electron chi connectivity index (χ1n) is 8.56. The lowest BCUT2D eigenvalue weighted by Gasteiger charge is -2.56. The molecule has 1 heterocycles. The van der Waals surface area contributed by atoms with E-state index in [0.29, 0.717) is 19.1 Å². The van der Waals surface area contributed by atoms with E-state index in [-0.39, 0.29) is 12.5 Å². The van der Waals surface area contributed by atoms with Crippen molar-refractivity contribution in [2.75, 3.05) is 20.1 Å². The zero-order valence-corrected chi connectivity index (χ0v) is 14.8. The zero-order valence-electron chi connectivity index (χ0n) is 14.8. The van der Waals surface area contributed by atoms with Gasteiger partial charge >= 0.3 is 12.1 Å². The van der Waals surface area contributed by atoms with Crippen LogP contribution in [0.25, 0.3) is 0 Å². The molecule has 1 saturated carbocycles. The standard InChI is InChI=1S/C17H30N2O4/c1-16(2,3)23-15(22)19-11-17(12-19,10-14(20)21)18(4)13-8-6-5-7-9-13/h13H,5-12H2,1-4H3,(H,20,21). The molecule has 2 aliphatic rings. The van der Waals surface area contributed by atoms with Crippen LogP contribution in [-0.4, -0.2) is 64.3 Å². The topological polar surface area (TPSA) is 70.1 Å². The van der Waals surface area contributed by atoms with Gasteiger partial charge in [-0.15, -0.1) is 0 Å². The Balaban J connectivity index is 2.02. The summed E-state index contributed by atoms with van der Waals surface area (Å²) in [6.07, 6.45) is 5.62. The van der Waals surface area contributed by atoms with Crippen LogP contribution in [0.15, 0.2) is 0 Å². The lowest BCUT2D eigenvalue weighted by Crippen LogP contribution is -2.72. The molecule has 23 heavy (non-hydrogen) atoms. The summed E-state index contributed by atoms with van der Waals surface area (Å²) in [4.78, 5) is 27.3. The first kappa shape index (κ1) is 18.0. The molecule has 0 spiro atoms. The molecule has 1 N–H and O–H groups in total. The Kier molecular flexibility index (Phi) is 5.23. The highest BCUT2D eigenvalue weighted by Crippen LogP contribution is 2.36. The van der Waals surface area contributed by atoms with Crippen molar-refractivity contribution >= 4 is 12.1 Å². The predicted octanol–water partition coefficient (Wildman–Crippen LogP) is 2.72. The maximum atomic E-state index is 12.2. The number of hydrogen-bond donors (Lipinski definition) is 1. The number of carbonyl (C=O) groups excluding carboxylic acids is 1. The molecule has 1 saturated heterocycles. The molecule has 0 aromatic rings. The van der Waals surface area contributed by atoms with Crippen LogP contribution in [0.2, 0.25) is 0 Å². The van der Waals surface area contributed by atoms with E-state index in [1.54, 1.807) is 4.90 Å². The lowest BCUT2D eigenvalue weighted by atomic mass is 9.81. The summed E-state index contributed by atoms with van der Waals surface area (Å²) in [7, 11) is 2.02. The second-order valence-corrected chi connectivity index (χ2v) is 8.03. The second kappa shape index (κ2) is 6.67. The fraction of sp³-hybridized carbons (Fsp3) is 0.882. The number of nitrogens with zero attached hydrogens (tertiary/aromatic N) is 2. The Morgan fingerprint density at radius 2 is 1.78 bits per heavy atom. The molecule has 2 fully saturated rings. The van der Waals surface area contributed by atoms with Crippen molar-refractivity contribution in [3.05, 3.63) is 0 Å². The van der Waals surface area contributed by atoms with Gasteiger partial charge in [0.25, 0.3) is 0 Å². The van der Waals surface area contributed by atoms with E-state index in [0.717, 1.165) is 12.8 Å². The van der Waals surface area contributed by atoms with Crippen LogP contribution < -0.4 is 0 Å². The van der Waals surface area contributed by atoms with Crippen molar-refractivity contribution in [3.63, 3.8) is 0 Å². The summed E-state index contributed by atoms with van der Waals surface area (Å²) >= 11 is 0. The second-order valence-electron chi connectivity index (χ2n) is 8.03. The quantitative estimate of drug-likeness (QED) is 0.860. The van der Waals surface area contributed by atoms with Gasteiger partial charge in [-0.3, -0.25) is 9.69 Å². The summed E-state index contributed by atoms with van der Waals surface area (Å²) < 4.78 is 5.39. The molecule has 0 bridgehead atoms. The Labute approximate surface area is 138 Å². The molecule has 0 atom stereocenters. The number of carbonyl (C=O) groups is 2. The van der Waals surface area contributed by atoms with Gasteiger partial charge in [0.05, 0.1) is 12.0 Å². The molecular weight excluding hydrogens is 296 g/mol. The summed E-state index contributed by atoms with van der Waals surface area (Å²) in [6, 6.07) is 0.420. The number of rotatable bonds is 4. The number of likely N-dealkylation sites (N-methyl/N-ethyl adjacent to an activating group) is 1. The number of hydrogen-bond acceptors (Lipinski definition) is 4. The van der Waals surface area contributed by atoms with Gasteiger partial charge in [0.15, 0.2) is 0 Å². The van der Waals surface area contributed by atoms with Gasteiger partial charge in [-0.25, -0.2) is 4.79 Å². The summed E-state index contributed by atoms with van der Waals surface area (Å²) in [5.41, 5.74) is -0.984. The highest BCUT2D eigenvalue weighted by atomic mass is 16.6. The van der Waals surface area contributed by atoms with E-state index in [4.69, 9.17) is 4.74 Å². The van der Waals surface area contributed by atoms with E-state index in [9.17, 15) is 14.7 Å². The Morgan fingerprint density at radius 1 is 1.22 bits per heavy atom. The van der Waals surface area contributed by atoms with Gasteiger partial charge in [0.1, 0.15) is 5.60 Å². The smallest absolute Gasteiger partial charge is 0.410 e. The monoisotopic (exact) mass is 326 g/mol. The Morgan fingerprint density at radius 3 is 2.26 bits per heavy atom. The summed E-state index contributed by atoms with van der Waals surface area (Å²) in [5.74, 6) is -0.809. The predicted molar refractivity (Wildman–Crippen MR) is 87.4 cm³/mol. The van der Waals surface area contributed by atoms with Crippen molar-refractivity contribution in [2.45, 2.75) is 76.5 Å². The van der Waals surface area contributed by atoms with Crippen molar-refractivity contribution in [3.8, 4) is 0 Å². The third-order valence-electron chi connectivity index (χ3n) is 4.97. The van der Waals surface area contributed by atoms with Gasteiger partial charge in [-0.05, 0) is 40.7 Å². The first-order valence-corrected chi connectivity index (χ1v) is 8.56. The Bertz CT molecular complexity index is 446. The third-order valence-corrected chi connectivity index (χ3v) is 4.97.